The Bertz CT molecular complexity index is 605. The van der Waals surface area contributed by atoms with Crippen molar-refractivity contribution < 1.29 is 14.0 Å². The predicted molar refractivity (Wildman–Crippen MR) is 107 cm³/mol. The third-order valence-electron chi connectivity index (χ3n) is 6.05. The van der Waals surface area contributed by atoms with E-state index in [0.29, 0.717) is 0 Å². The van der Waals surface area contributed by atoms with Crippen LogP contribution in [0.2, 0.25) is 18.1 Å². The van der Waals surface area contributed by atoms with E-state index in [9.17, 15) is 4.79 Å². The van der Waals surface area contributed by atoms with Gasteiger partial charge in [-0.3, -0.25) is 9.48 Å². The molecular formula is C20H36N2O3Si. The molecule has 148 valence electrons. The molecule has 26 heavy (non-hydrogen) atoms. The van der Waals surface area contributed by atoms with Crippen molar-refractivity contribution in [3.63, 3.8) is 0 Å². The SMILES string of the molecule is COC(=O)C1CCc2c(cnn2CCCCCO[Si](C)(C)C(C)(C)C)C1. The highest BCUT2D eigenvalue weighted by Crippen LogP contribution is 2.36. The van der Waals surface area contributed by atoms with E-state index in [2.05, 4.69) is 43.6 Å². The number of esters is 1. The maximum atomic E-state index is 11.7. The van der Waals surface area contributed by atoms with Crippen LogP contribution in [-0.2, 0) is 33.3 Å². The fraction of sp³-hybridized carbons (Fsp3) is 0.800. The van der Waals surface area contributed by atoms with Gasteiger partial charge < -0.3 is 9.16 Å². The highest BCUT2D eigenvalue weighted by atomic mass is 28.4. The Morgan fingerprint density at radius 3 is 2.69 bits per heavy atom. The molecule has 0 fully saturated rings. The van der Waals surface area contributed by atoms with Gasteiger partial charge in [0, 0.05) is 18.8 Å². The Labute approximate surface area is 159 Å². The molecule has 1 aromatic rings. The summed E-state index contributed by atoms with van der Waals surface area (Å²) >= 11 is 0. The van der Waals surface area contributed by atoms with Crippen molar-refractivity contribution in [2.24, 2.45) is 5.92 Å². The minimum absolute atomic E-state index is 0.00219. The second-order valence-electron chi connectivity index (χ2n) is 8.97. The van der Waals surface area contributed by atoms with Crippen molar-refractivity contribution in [2.75, 3.05) is 13.7 Å². The maximum absolute atomic E-state index is 11.7. The molecule has 1 aromatic heterocycles. The third-order valence-corrected chi connectivity index (χ3v) is 10.6. The summed E-state index contributed by atoms with van der Waals surface area (Å²) in [6, 6.07) is 0. The van der Waals surface area contributed by atoms with Gasteiger partial charge in [0.05, 0.1) is 19.2 Å². The van der Waals surface area contributed by atoms with Gasteiger partial charge in [0.2, 0.25) is 0 Å². The normalized spacial score (nSPS) is 17.8. The standard InChI is InChI=1S/C20H36N2O3Si/c1-20(2,3)26(5,6)25-13-9-7-8-12-22-18-11-10-16(19(23)24-4)14-17(18)15-21-22/h15-16H,7-14H2,1-6H3. The molecule has 5 nitrogen and oxygen atoms in total. The van der Waals surface area contributed by atoms with Crippen molar-refractivity contribution in [1.29, 1.82) is 0 Å². The van der Waals surface area contributed by atoms with Gasteiger partial charge in [-0.2, -0.15) is 5.10 Å². The van der Waals surface area contributed by atoms with Crippen LogP contribution in [0.3, 0.4) is 0 Å². The summed E-state index contributed by atoms with van der Waals surface area (Å²) in [5.41, 5.74) is 2.52. The molecule has 1 unspecified atom stereocenters. The van der Waals surface area contributed by atoms with Crippen molar-refractivity contribution >= 4 is 14.3 Å². The molecule has 0 spiro atoms. The fourth-order valence-electron chi connectivity index (χ4n) is 3.23. The van der Waals surface area contributed by atoms with Crippen LogP contribution < -0.4 is 0 Å². The van der Waals surface area contributed by atoms with Crippen LogP contribution in [0.15, 0.2) is 6.20 Å². The summed E-state index contributed by atoms with van der Waals surface area (Å²) in [6.45, 7) is 13.3. The second kappa shape index (κ2) is 8.70. The number of nitrogens with zero attached hydrogens (tertiary/aromatic N) is 2. The number of hydrogen-bond donors (Lipinski definition) is 0. The van der Waals surface area contributed by atoms with Crippen molar-refractivity contribution in [3.8, 4) is 0 Å². The van der Waals surface area contributed by atoms with Gasteiger partial charge in [-0.1, -0.05) is 20.8 Å². The molecule has 0 N–H and O–H groups in total. The number of aromatic nitrogens is 2. The summed E-state index contributed by atoms with van der Waals surface area (Å²) < 4.78 is 13.3. The third kappa shape index (κ3) is 5.19. The lowest BCUT2D eigenvalue weighted by Gasteiger charge is -2.36. The summed E-state index contributed by atoms with van der Waals surface area (Å²) in [4.78, 5) is 11.7. The van der Waals surface area contributed by atoms with Gasteiger partial charge in [-0.15, -0.1) is 0 Å². The molecule has 1 heterocycles. The van der Waals surface area contributed by atoms with E-state index in [4.69, 9.17) is 9.16 Å². The van der Waals surface area contributed by atoms with E-state index in [1.165, 1.54) is 18.4 Å². The first-order valence-corrected chi connectivity index (χ1v) is 12.8. The lowest BCUT2D eigenvalue weighted by atomic mass is 9.88. The number of unbranched alkanes of at least 4 members (excludes halogenated alkanes) is 2. The second-order valence-corrected chi connectivity index (χ2v) is 13.8. The summed E-state index contributed by atoms with van der Waals surface area (Å²) in [7, 11) is -0.144. The van der Waals surface area contributed by atoms with E-state index in [1.807, 2.05) is 6.20 Å². The van der Waals surface area contributed by atoms with Crippen LogP contribution >= 0.6 is 0 Å². The number of carbonyl (C=O) groups is 1. The monoisotopic (exact) mass is 380 g/mol. The van der Waals surface area contributed by atoms with Crippen LogP contribution in [0.1, 0.15) is 57.7 Å². The maximum Gasteiger partial charge on any atom is 0.309 e. The average Bonchev–Trinajstić information content (AvgIpc) is 2.98. The Balaban J connectivity index is 1.72. The highest BCUT2D eigenvalue weighted by Gasteiger charge is 2.36. The molecule has 0 aromatic carbocycles. The smallest absolute Gasteiger partial charge is 0.309 e. The topological polar surface area (TPSA) is 53.3 Å². The lowest BCUT2D eigenvalue weighted by Crippen LogP contribution is -2.40. The van der Waals surface area contributed by atoms with E-state index < -0.39 is 8.32 Å². The molecule has 0 saturated carbocycles. The average molecular weight is 381 g/mol. The number of fused-ring (bicyclic) bond motifs is 1. The summed E-state index contributed by atoms with van der Waals surface area (Å²) in [5.74, 6) is -0.0947. The van der Waals surface area contributed by atoms with Gasteiger partial charge in [0.15, 0.2) is 8.32 Å². The molecule has 0 amide bonds. The lowest BCUT2D eigenvalue weighted by molar-refractivity contribution is -0.145. The molecule has 2 rings (SSSR count). The van der Waals surface area contributed by atoms with Gasteiger partial charge in [0.1, 0.15) is 0 Å². The first kappa shape index (κ1) is 21.2. The molecule has 0 saturated heterocycles. The molecule has 1 aliphatic carbocycles. The quantitative estimate of drug-likeness (QED) is 0.382. The van der Waals surface area contributed by atoms with Crippen LogP contribution in [0.5, 0.6) is 0 Å². The van der Waals surface area contributed by atoms with E-state index in [0.717, 1.165) is 51.7 Å². The van der Waals surface area contributed by atoms with Gasteiger partial charge in [-0.25, -0.2) is 0 Å². The highest BCUT2D eigenvalue weighted by molar-refractivity contribution is 6.74. The van der Waals surface area contributed by atoms with Crippen molar-refractivity contribution in [1.82, 2.24) is 9.78 Å². The Morgan fingerprint density at radius 2 is 2.04 bits per heavy atom. The molecule has 6 heteroatoms. The molecule has 1 atom stereocenters. The number of aryl methyl sites for hydroxylation is 1. The minimum atomic E-state index is -1.61. The van der Waals surface area contributed by atoms with Crippen molar-refractivity contribution in [2.45, 2.75) is 84.0 Å². The number of methoxy groups -OCH3 is 1. The first-order valence-electron chi connectivity index (χ1n) is 9.91. The number of ether oxygens (including phenoxy) is 1. The minimum Gasteiger partial charge on any atom is -0.469 e. The zero-order valence-electron chi connectivity index (χ0n) is 17.4. The van der Waals surface area contributed by atoms with Crippen LogP contribution in [0.4, 0.5) is 0 Å². The fourth-order valence-corrected chi connectivity index (χ4v) is 4.32. The Kier molecular flexibility index (Phi) is 7.08. The van der Waals surface area contributed by atoms with Crippen molar-refractivity contribution in [3.05, 3.63) is 17.5 Å². The van der Waals surface area contributed by atoms with E-state index in [1.54, 1.807) is 0 Å². The van der Waals surface area contributed by atoms with Crippen LogP contribution in [0, 0.1) is 5.92 Å². The number of carbonyl (C=O) groups excluding carboxylic acids is 1. The number of rotatable bonds is 8. The molecule has 0 radical (unpaired) electrons. The van der Waals surface area contributed by atoms with Gasteiger partial charge in [-0.05, 0) is 62.2 Å². The summed E-state index contributed by atoms with van der Waals surface area (Å²) in [5, 5.41) is 4.83. The molecule has 0 aliphatic heterocycles. The molecule has 0 bridgehead atoms. The van der Waals surface area contributed by atoms with Gasteiger partial charge in [0.25, 0.3) is 0 Å². The van der Waals surface area contributed by atoms with Crippen LogP contribution in [-0.4, -0.2) is 37.8 Å². The Hall–Kier alpha value is -1.14. The molecule has 1 aliphatic rings. The predicted octanol–water partition coefficient (Wildman–Crippen LogP) is 4.35. The van der Waals surface area contributed by atoms with E-state index in [-0.39, 0.29) is 16.9 Å². The summed E-state index contributed by atoms with van der Waals surface area (Å²) in [6.07, 6.45) is 7.88. The van der Waals surface area contributed by atoms with Crippen LogP contribution in [0.25, 0.3) is 0 Å². The largest absolute Gasteiger partial charge is 0.469 e. The van der Waals surface area contributed by atoms with Gasteiger partial charge >= 0.3 is 5.97 Å². The van der Waals surface area contributed by atoms with E-state index >= 15 is 0 Å². The molecular weight excluding hydrogens is 344 g/mol. The zero-order chi connectivity index (χ0) is 19.4. The number of hydrogen-bond acceptors (Lipinski definition) is 4. The first-order chi connectivity index (χ1) is 12.2. The Morgan fingerprint density at radius 1 is 1.31 bits per heavy atom. The zero-order valence-corrected chi connectivity index (χ0v) is 18.4.